The molecule has 0 bridgehead atoms. The summed E-state index contributed by atoms with van der Waals surface area (Å²) in [5.41, 5.74) is 0.654. The molecule has 1 saturated heterocycles. The zero-order valence-electron chi connectivity index (χ0n) is 15.4. The molecule has 1 N–H and O–H groups in total. The Hall–Kier alpha value is -1.79. The number of ether oxygens (including phenoxy) is 4. The Morgan fingerprint density at radius 2 is 2.00 bits per heavy atom. The summed E-state index contributed by atoms with van der Waals surface area (Å²) in [6.07, 6.45) is 2.80. The lowest BCUT2D eigenvalue weighted by molar-refractivity contribution is -0.130. The molecule has 0 aromatic heterocycles. The Morgan fingerprint density at radius 3 is 2.68 bits per heavy atom. The molecule has 1 heterocycles. The van der Waals surface area contributed by atoms with Crippen molar-refractivity contribution in [1.82, 2.24) is 0 Å². The van der Waals surface area contributed by atoms with Gasteiger partial charge in [-0.2, -0.15) is 0 Å². The smallest absolute Gasteiger partial charge is 0.253 e. The molecule has 2 unspecified atom stereocenters. The number of nitrogens with one attached hydrogen (secondary N) is 1. The summed E-state index contributed by atoms with van der Waals surface area (Å²) in [6, 6.07) is 5.36. The van der Waals surface area contributed by atoms with Gasteiger partial charge in [-0.1, -0.05) is 0 Å². The maximum absolute atomic E-state index is 12.3. The second-order valence-corrected chi connectivity index (χ2v) is 5.98. The molecule has 1 fully saturated rings. The van der Waals surface area contributed by atoms with Crippen molar-refractivity contribution in [3.8, 4) is 11.5 Å². The zero-order valence-corrected chi connectivity index (χ0v) is 15.4. The molecule has 2 atom stereocenters. The van der Waals surface area contributed by atoms with Crippen molar-refractivity contribution in [2.24, 2.45) is 0 Å². The minimum Gasteiger partial charge on any atom is -0.490 e. The second-order valence-electron chi connectivity index (χ2n) is 5.98. The van der Waals surface area contributed by atoms with Crippen LogP contribution in [-0.4, -0.2) is 44.5 Å². The summed E-state index contributed by atoms with van der Waals surface area (Å²) >= 11 is 0. The topological polar surface area (TPSA) is 66.0 Å². The van der Waals surface area contributed by atoms with E-state index in [1.807, 2.05) is 13.8 Å². The van der Waals surface area contributed by atoms with Crippen LogP contribution in [0.4, 0.5) is 5.69 Å². The van der Waals surface area contributed by atoms with Crippen molar-refractivity contribution in [1.29, 1.82) is 0 Å². The highest BCUT2D eigenvalue weighted by molar-refractivity contribution is 5.94. The molecule has 6 nitrogen and oxygen atoms in total. The minimum atomic E-state index is -0.548. The van der Waals surface area contributed by atoms with Crippen molar-refractivity contribution in [2.75, 3.05) is 31.7 Å². The van der Waals surface area contributed by atoms with E-state index in [1.165, 1.54) is 0 Å². The number of benzene rings is 1. The van der Waals surface area contributed by atoms with Crippen LogP contribution in [0.1, 0.15) is 40.0 Å². The number of carbonyl (C=O) groups is 1. The summed E-state index contributed by atoms with van der Waals surface area (Å²) < 4.78 is 22.4. The fraction of sp³-hybridized carbons (Fsp3) is 0.632. The minimum absolute atomic E-state index is 0.0963. The third kappa shape index (κ3) is 6.21. The lowest BCUT2D eigenvalue weighted by Crippen LogP contribution is -2.32. The van der Waals surface area contributed by atoms with E-state index in [0.29, 0.717) is 37.0 Å². The van der Waals surface area contributed by atoms with Gasteiger partial charge in [0.05, 0.1) is 25.9 Å². The predicted molar refractivity (Wildman–Crippen MR) is 96.4 cm³/mol. The monoisotopic (exact) mass is 351 g/mol. The van der Waals surface area contributed by atoms with Gasteiger partial charge < -0.3 is 24.3 Å². The predicted octanol–water partition coefficient (Wildman–Crippen LogP) is 3.40. The fourth-order valence-corrected chi connectivity index (χ4v) is 2.64. The summed E-state index contributed by atoms with van der Waals surface area (Å²) in [5, 5.41) is 2.86. The van der Waals surface area contributed by atoms with Crippen molar-refractivity contribution < 1.29 is 23.7 Å². The number of carbonyl (C=O) groups excluding carboxylic acids is 1. The van der Waals surface area contributed by atoms with E-state index in [2.05, 4.69) is 5.32 Å². The Bertz CT molecular complexity index is 543. The Kier molecular flexibility index (Phi) is 8.01. The van der Waals surface area contributed by atoms with Crippen molar-refractivity contribution >= 4 is 11.6 Å². The molecule has 0 saturated carbocycles. The van der Waals surface area contributed by atoms with Crippen molar-refractivity contribution in [3.63, 3.8) is 0 Å². The first-order valence-corrected chi connectivity index (χ1v) is 9.07. The highest BCUT2D eigenvalue weighted by atomic mass is 16.5. The Balaban J connectivity index is 1.88. The quantitative estimate of drug-likeness (QED) is 0.739. The number of hydrogen-bond acceptors (Lipinski definition) is 5. The highest BCUT2D eigenvalue weighted by Gasteiger charge is 2.19. The Morgan fingerprint density at radius 1 is 1.24 bits per heavy atom. The van der Waals surface area contributed by atoms with Gasteiger partial charge in [-0.25, -0.2) is 0 Å². The van der Waals surface area contributed by atoms with Crippen LogP contribution in [-0.2, 0) is 14.3 Å². The molecule has 25 heavy (non-hydrogen) atoms. The molecule has 1 amide bonds. The molecule has 0 aliphatic carbocycles. The number of anilines is 1. The molecule has 1 aromatic carbocycles. The van der Waals surface area contributed by atoms with Gasteiger partial charge in [0.2, 0.25) is 0 Å². The summed E-state index contributed by atoms with van der Waals surface area (Å²) in [5.74, 6) is 1.09. The summed E-state index contributed by atoms with van der Waals surface area (Å²) in [4.78, 5) is 12.3. The largest absolute Gasteiger partial charge is 0.490 e. The molecule has 1 aromatic rings. The van der Waals surface area contributed by atoms with E-state index in [1.54, 1.807) is 25.1 Å². The maximum Gasteiger partial charge on any atom is 0.253 e. The molecule has 0 spiro atoms. The van der Waals surface area contributed by atoms with Crippen LogP contribution in [0.3, 0.4) is 0 Å². The molecule has 0 radical (unpaired) electrons. The lowest BCUT2D eigenvalue weighted by atomic mass is 10.1. The van der Waals surface area contributed by atoms with Crippen molar-refractivity contribution in [3.05, 3.63) is 18.2 Å². The van der Waals surface area contributed by atoms with E-state index >= 15 is 0 Å². The van der Waals surface area contributed by atoms with E-state index in [4.69, 9.17) is 18.9 Å². The summed E-state index contributed by atoms with van der Waals surface area (Å²) in [6.45, 7) is 7.88. The molecular formula is C19H29NO5. The number of hydrogen-bond donors (Lipinski definition) is 1. The molecule has 2 rings (SSSR count). The molecular weight excluding hydrogens is 322 g/mol. The average molecular weight is 351 g/mol. The SMILES string of the molecule is CCOc1ccc(NC(=O)C(C)OCC2CCCCO2)cc1OCC. The summed E-state index contributed by atoms with van der Waals surface area (Å²) in [7, 11) is 0. The van der Waals surface area contributed by atoms with Gasteiger partial charge in [0.25, 0.3) is 5.91 Å². The zero-order chi connectivity index (χ0) is 18.1. The molecule has 1 aliphatic heterocycles. The van der Waals surface area contributed by atoms with Crippen molar-refractivity contribution in [2.45, 2.75) is 52.2 Å². The average Bonchev–Trinajstić information content (AvgIpc) is 2.63. The first-order chi connectivity index (χ1) is 12.1. The first kappa shape index (κ1) is 19.5. The van der Waals surface area contributed by atoms with Crippen LogP contribution in [0, 0.1) is 0 Å². The van der Waals surface area contributed by atoms with E-state index < -0.39 is 6.10 Å². The van der Waals surface area contributed by atoms with Crippen LogP contribution in [0.15, 0.2) is 18.2 Å². The highest BCUT2D eigenvalue weighted by Crippen LogP contribution is 2.30. The van der Waals surface area contributed by atoms with E-state index in [9.17, 15) is 4.79 Å². The third-order valence-electron chi connectivity index (χ3n) is 3.99. The van der Waals surface area contributed by atoms with E-state index in [-0.39, 0.29) is 12.0 Å². The Labute approximate surface area is 149 Å². The van der Waals surface area contributed by atoms with Gasteiger partial charge in [0, 0.05) is 18.4 Å². The van der Waals surface area contributed by atoms with Gasteiger partial charge in [-0.3, -0.25) is 4.79 Å². The number of amides is 1. The molecule has 6 heteroatoms. The van der Waals surface area contributed by atoms with Crippen LogP contribution >= 0.6 is 0 Å². The van der Waals surface area contributed by atoms with Gasteiger partial charge in [-0.05, 0) is 52.2 Å². The van der Waals surface area contributed by atoms with Gasteiger partial charge >= 0.3 is 0 Å². The van der Waals surface area contributed by atoms with Gasteiger partial charge in [-0.15, -0.1) is 0 Å². The van der Waals surface area contributed by atoms with Crippen LogP contribution in [0.2, 0.25) is 0 Å². The maximum atomic E-state index is 12.3. The van der Waals surface area contributed by atoms with E-state index in [0.717, 1.165) is 25.9 Å². The van der Waals surface area contributed by atoms with Crippen LogP contribution in [0.5, 0.6) is 11.5 Å². The third-order valence-corrected chi connectivity index (χ3v) is 3.99. The molecule has 1 aliphatic rings. The van der Waals surface area contributed by atoms with Gasteiger partial charge in [0.15, 0.2) is 11.5 Å². The normalized spacial score (nSPS) is 18.4. The first-order valence-electron chi connectivity index (χ1n) is 9.07. The standard InChI is InChI=1S/C19H29NO5/c1-4-22-17-10-9-15(12-18(17)23-5-2)20-19(21)14(3)25-13-16-8-6-7-11-24-16/h9-10,12,14,16H,4-8,11,13H2,1-3H3,(H,20,21). The lowest BCUT2D eigenvalue weighted by Gasteiger charge is -2.24. The van der Waals surface area contributed by atoms with Crippen LogP contribution < -0.4 is 14.8 Å². The fourth-order valence-electron chi connectivity index (χ4n) is 2.64. The van der Waals surface area contributed by atoms with Crippen LogP contribution in [0.25, 0.3) is 0 Å². The number of rotatable bonds is 9. The van der Waals surface area contributed by atoms with Gasteiger partial charge in [0.1, 0.15) is 6.10 Å². The molecule has 140 valence electrons. The second kappa shape index (κ2) is 10.3.